The van der Waals surface area contributed by atoms with Gasteiger partial charge in [0.1, 0.15) is 0 Å². The second-order valence-corrected chi connectivity index (χ2v) is 7.44. The minimum atomic E-state index is 0.296. The molecule has 0 aromatic heterocycles. The maximum absolute atomic E-state index is 12.2. The van der Waals surface area contributed by atoms with Crippen molar-refractivity contribution in [3.05, 3.63) is 0 Å². The first-order valence-corrected chi connectivity index (χ1v) is 8.13. The van der Waals surface area contributed by atoms with Gasteiger partial charge in [-0.3, -0.25) is 9.69 Å². The Balaban J connectivity index is 1.69. The summed E-state index contributed by atoms with van der Waals surface area (Å²) in [5.41, 5.74) is 0.533. The van der Waals surface area contributed by atoms with Crippen molar-refractivity contribution in [1.29, 1.82) is 0 Å². The molecule has 0 radical (unpaired) electrons. The molecule has 4 heteroatoms. The Morgan fingerprint density at radius 3 is 2.45 bits per heavy atom. The largest absolute Gasteiger partial charge is 0.339 e. The van der Waals surface area contributed by atoms with Crippen LogP contribution in [0.15, 0.2) is 0 Å². The molecule has 1 saturated heterocycles. The number of hydrogen-bond donors (Lipinski definition) is 1. The van der Waals surface area contributed by atoms with Crippen molar-refractivity contribution < 1.29 is 4.79 Å². The average molecular weight is 281 g/mol. The fourth-order valence-corrected chi connectivity index (χ4v) is 3.39. The van der Waals surface area contributed by atoms with Gasteiger partial charge in [-0.2, -0.15) is 0 Å². The third kappa shape index (κ3) is 4.74. The van der Waals surface area contributed by atoms with Crippen LogP contribution in [0.4, 0.5) is 0 Å². The van der Waals surface area contributed by atoms with E-state index >= 15 is 0 Å². The van der Waals surface area contributed by atoms with Gasteiger partial charge in [0.15, 0.2) is 0 Å². The highest BCUT2D eigenvalue weighted by molar-refractivity contribution is 5.78. The molecule has 1 aliphatic heterocycles. The van der Waals surface area contributed by atoms with Crippen molar-refractivity contribution in [3.63, 3.8) is 0 Å². The zero-order chi connectivity index (χ0) is 14.6. The molecule has 1 aliphatic carbocycles. The van der Waals surface area contributed by atoms with E-state index in [4.69, 9.17) is 0 Å². The number of carbonyl (C=O) groups is 1. The molecule has 4 nitrogen and oxygen atoms in total. The number of amides is 1. The van der Waals surface area contributed by atoms with Crippen molar-refractivity contribution in [2.45, 2.75) is 39.5 Å². The van der Waals surface area contributed by atoms with Crippen molar-refractivity contribution in [1.82, 2.24) is 15.1 Å². The summed E-state index contributed by atoms with van der Waals surface area (Å²) in [6.07, 6.45) is 5.30. The smallest absolute Gasteiger partial charge is 0.236 e. The van der Waals surface area contributed by atoms with Crippen LogP contribution in [-0.2, 0) is 4.79 Å². The van der Waals surface area contributed by atoms with Crippen LogP contribution in [0, 0.1) is 11.3 Å². The Morgan fingerprint density at radius 1 is 1.25 bits per heavy atom. The molecular formula is C16H31N3O. The lowest BCUT2D eigenvalue weighted by molar-refractivity contribution is -0.132. The molecule has 1 heterocycles. The molecule has 20 heavy (non-hydrogen) atoms. The molecule has 116 valence electrons. The molecule has 0 aromatic carbocycles. The van der Waals surface area contributed by atoms with Crippen LogP contribution in [0.5, 0.6) is 0 Å². The highest BCUT2D eigenvalue weighted by Crippen LogP contribution is 2.38. The standard InChI is InChI=1S/C16H31N3O/c1-16(2)6-4-14(5-7-16)12-18(3)13-15(20)19-10-8-17-9-11-19/h14,17H,4-13H2,1-3H3. The number of nitrogens with zero attached hydrogens (tertiary/aromatic N) is 2. The summed E-state index contributed by atoms with van der Waals surface area (Å²) in [6, 6.07) is 0. The topological polar surface area (TPSA) is 35.6 Å². The summed E-state index contributed by atoms with van der Waals surface area (Å²) < 4.78 is 0. The second-order valence-electron chi connectivity index (χ2n) is 7.44. The third-order valence-electron chi connectivity index (χ3n) is 4.90. The second kappa shape index (κ2) is 6.90. The van der Waals surface area contributed by atoms with Crippen LogP contribution >= 0.6 is 0 Å². The monoisotopic (exact) mass is 281 g/mol. The predicted molar refractivity (Wildman–Crippen MR) is 82.7 cm³/mol. The Kier molecular flexibility index (Phi) is 5.44. The maximum atomic E-state index is 12.2. The third-order valence-corrected chi connectivity index (χ3v) is 4.90. The first kappa shape index (κ1) is 15.8. The minimum Gasteiger partial charge on any atom is -0.339 e. The first-order chi connectivity index (χ1) is 9.46. The normalized spacial score (nSPS) is 24.1. The zero-order valence-electron chi connectivity index (χ0n) is 13.5. The molecule has 0 unspecified atom stereocenters. The SMILES string of the molecule is CN(CC(=O)N1CCNCC1)CC1CCC(C)(C)CC1. The summed E-state index contributed by atoms with van der Waals surface area (Å²) in [5.74, 6) is 1.08. The first-order valence-electron chi connectivity index (χ1n) is 8.13. The molecule has 0 spiro atoms. The van der Waals surface area contributed by atoms with Crippen LogP contribution in [0.3, 0.4) is 0 Å². The molecular weight excluding hydrogens is 250 g/mol. The van der Waals surface area contributed by atoms with Crippen molar-refractivity contribution in [3.8, 4) is 0 Å². The summed E-state index contributed by atoms with van der Waals surface area (Å²) >= 11 is 0. The Morgan fingerprint density at radius 2 is 1.85 bits per heavy atom. The van der Waals surface area contributed by atoms with E-state index < -0.39 is 0 Å². The van der Waals surface area contributed by atoms with Crippen LogP contribution in [0.2, 0.25) is 0 Å². The highest BCUT2D eigenvalue weighted by Gasteiger charge is 2.27. The lowest BCUT2D eigenvalue weighted by Crippen LogP contribution is -2.49. The van der Waals surface area contributed by atoms with E-state index in [1.807, 2.05) is 4.90 Å². The quantitative estimate of drug-likeness (QED) is 0.849. The molecule has 1 amide bonds. The van der Waals surface area contributed by atoms with Gasteiger partial charge in [-0.25, -0.2) is 0 Å². The van der Waals surface area contributed by atoms with E-state index in [1.54, 1.807) is 0 Å². The van der Waals surface area contributed by atoms with E-state index in [0.717, 1.165) is 38.6 Å². The van der Waals surface area contributed by atoms with Gasteiger partial charge < -0.3 is 10.2 Å². The molecule has 1 saturated carbocycles. The average Bonchev–Trinajstić information content (AvgIpc) is 2.42. The van der Waals surface area contributed by atoms with Gasteiger partial charge in [0, 0.05) is 32.7 Å². The van der Waals surface area contributed by atoms with Gasteiger partial charge in [0.05, 0.1) is 6.54 Å². The van der Waals surface area contributed by atoms with Gasteiger partial charge >= 0.3 is 0 Å². The molecule has 2 fully saturated rings. The van der Waals surface area contributed by atoms with Gasteiger partial charge in [-0.15, -0.1) is 0 Å². The Bertz CT molecular complexity index is 314. The lowest BCUT2D eigenvalue weighted by Gasteiger charge is -2.36. The summed E-state index contributed by atoms with van der Waals surface area (Å²) in [7, 11) is 2.10. The summed E-state index contributed by atoms with van der Waals surface area (Å²) in [4.78, 5) is 16.4. The number of likely N-dealkylation sites (N-methyl/N-ethyl adjacent to an activating group) is 1. The van der Waals surface area contributed by atoms with E-state index in [0.29, 0.717) is 17.9 Å². The summed E-state index contributed by atoms with van der Waals surface area (Å²) in [6.45, 7) is 10.0. The highest BCUT2D eigenvalue weighted by atomic mass is 16.2. The number of carbonyl (C=O) groups excluding carboxylic acids is 1. The van der Waals surface area contributed by atoms with Gasteiger partial charge in [-0.05, 0) is 44.1 Å². The molecule has 0 aromatic rings. The zero-order valence-corrected chi connectivity index (χ0v) is 13.5. The summed E-state index contributed by atoms with van der Waals surface area (Å²) in [5, 5.41) is 3.29. The number of piperazine rings is 1. The van der Waals surface area contributed by atoms with Crippen LogP contribution in [0.1, 0.15) is 39.5 Å². The van der Waals surface area contributed by atoms with E-state index in [-0.39, 0.29) is 0 Å². The van der Waals surface area contributed by atoms with Gasteiger partial charge in [0.25, 0.3) is 0 Å². The van der Waals surface area contributed by atoms with E-state index in [9.17, 15) is 4.79 Å². The van der Waals surface area contributed by atoms with Crippen molar-refractivity contribution >= 4 is 5.91 Å². The number of hydrogen-bond acceptors (Lipinski definition) is 3. The molecule has 1 N–H and O–H groups in total. The van der Waals surface area contributed by atoms with Gasteiger partial charge in [0.2, 0.25) is 5.91 Å². The van der Waals surface area contributed by atoms with Crippen LogP contribution in [0.25, 0.3) is 0 Å². The number of nitrogens with one attached hydrogen (secondary N) is 1. The molecule has 2 rings (SSSR count). The lowest BCUT2D eigenvalue weighted by atomic mass is 9.73. The Hall–Kier alpha value is -0.610. The van der Waals surface area contributed by atoms with E-state index in [2.05, 4.69) is 31.1 Å². The molecule has 0 atom stereocenters. The fraction of sp³-hybridized carbons (Fsp3) is 0.938. The van der Waals surface area contributed by atoms with E-state index in [1.165, 1.54) is 25.7 Å². The molecule has 2 aliphatic rings. The maximum Gasteiger partial charge on any atom is 0.236 e. The molecule has 0 bridgehead atoms. The predicted octanol–water partition coefficient (Wildman–Crippen LogP) is 1.57. The van der Waals surface area contributed by atoms with Crippen LogP contribution < -0.4 is 5.32 Å². The number of rotatable bonds is 4. The minimum absolute atomic E-state index is 0.296. The van der Waals surface area contributed by atoms with Crippen molar-refractivity contribution in [2.75, 3.05) is 46.3 Å². The fourth-order valence-electron chi connectivity index (χ4n) is 3.39. The van der Waals surface area contributed by atoms with Gasteiger partial charge in [-0.1, -0.05) is 13.8 Å². The van der Waals surface area contributed by atoms with Crippen LogP contribution in [-0.4, -0.2) is 62.0 Å². The Labute approximate surface area is 123 Å². The van der Waals surface area contributed by atoms with Crippen molar-refractivity contribution in [2.24, 2.45) is 11.3 Å².